The second-order valence-electron chi connectivity index (χ2n) is 5.71. The Morgan fingerprint density at radius 1 is 1.44 bits per heavy atom. The predicted octanol–water partition coefficient (Wildman–Crippen LogP) is 2.28. The first-order valence-corrected chi connectivity index (χ1v) is 6.31. The van der Waals surface area contributed by atoms with E-state index < -0.39 is 0 Å². The van der Waals surface area contributed by atoms with E-state index in [0.717, 1.165) is 24.2 Å². The van der Waals surface area contributed by atoms with Crippen molar-refractivity contribution in [3.8, 4) is 5.75 Å². The van der Waals surface area contributed by atoms with Crippen molar-refractivity contribution in [2.45, 2.75) is 45.1 Å². The smallest absolute Gasteiger partial charge is 0.269 e. The lowest BCUT2D eigenvalue weighted by molar-refractivity contribution is 0.0958. The Balaban J connectivity index is 2.37. The van der Waals surface area contributed by atoms with E-state index in [1.54, 1.807) is 13.2 Å². The zero-order valence-electron chi connectivity index (χ0n) is 11.4. The Bertz CT molecular complexity index is 459. The predicted molar refractivity (Wildman–Crippen MR) is 70.0 cm³/mol. The Morgan fingerprint density at radius 3 is 2.61 bits per heavy atom. The molecule has 0 bridgehead atoms. The summed E-state index contributed by atoms with van der Waals surface area (Å²) in [6.07, 6.45) is 4.23. The molecule has 0 atom stereocenters. The number of carbonyl (C=O) groups excluding carboxylic acids is 1. The summed E-state index contributed by atoms with van der Waals surface area (Å²) < 4.78 is 5.86. The first kappa shape index (κ1) is 12.9. The molecule has 1 aliphatic rings. The van der Waals surface area contributed by atoms with Gasteiger partial charge in [-0.3, -0.25) is 4.79 Å². The largest absolute Gasteiger partial charge is 0.489 e. The van der Waals surface area contributed by atoms with Gasteiger partial charge < -0.3 is 10.1 Å². The Labute approximate surface area is 108 Å². The second-order valence-corrected chi connectivity index (χ2v) is 5.71. The van der Waals surface area contributed by atoms with Gasteiger partial charge in [0.15, 0.2) is 0 Å². The third kappa shape index (κ3) is 2.81. The molecule has 1 fully saturated rings. The van der Waals surface area contributed by atoms with Crippen LogP contribution in [0.5, 0.6) is 5.75 Å². The van der Waals surface area contributed by atoms with E-state index >= 15 is 0 Å². The number of hydrogen-bond donors (Lipinski definition) is 1. The molecule has 0 aliphatic heterocycles. The average molecular weight is 248 g/mol. The van der Waals surface area contributed by atoms with Crippen LogP contribution in [0, 0.1) is 0 Å². The van der Waals surface area contributed by atoms with Crippen LogP contribution in [0.4, 0.5) is 0 Å². The molecule has 1 saturated carbocycles. The van der Waals surface area contributed by atoms with Crippen LogP contribution in [0.1, 0.15) is 49.7 Å². The lowest BCUT2D eigenvalue weighted by Crippen LogP contribution is -2.22. The second kappa shape index (κ2) is 4.59. The van der Waals surface area contributed by atoms with Gasteiger partial charge in [0.2, 0.25) is 0 Å². The van der Waals surface area contributed by atoms with E-state index in [2.05, 4.69) is 31.1 Å². The van der Waals surface area contributed by atoms with E-state index in [4.69, 9.17) is 4.74 Å². The van der Waals surface area contributed by atoms with Crippen molar-refractivity contribution in [2.75, 3.05) is 7.05 Å². The summed E-state index contributed by atoms with van der Waals surface area (Å²) in [6, 6.07) is 1.83. The molecule has 1 aromatic heterocycles. The number of hydrogen-bond acceptors (Lipinski definition) is 3. The summed E-state index contributed by atoms with van der Waals surface area (Å²) in [4.78, 5) is 15.8. The van der Waals surface area contributed by atoms with Crippen LogP contribution in [-0.4, -0.2) is 24.0 Å². The maximum absolute atomic E-state index is 11.6. The van der Waals surface area contributed by atoms with Gasteiger partial charge in [0.1, 0.15) is 11.4 Å². The topological polar surface area (TPSA) is 51.2 Å². The van der Waals surface area contributed by atoms with Crippen LogP contribution < -0.4 is 10.1 Å². The molecule has 1 aromatic rings. The number of nitrogens with zero attached hydrogens (tertiary/aromatic N) is 1. The fourth-order valence-electron chi connectivity index (χ4n) is 1.74. The molecule has 4 heteroatoms. The van der Waals surface area contributed by atoms with Crippen LogP contribution in [0.25, 0.3) is 0 Å². The molecular formula is C14H20N2O2. The van der Waals surface area contributed by atoms with E-state index in [-0.39, 0.29) is 11.3 Å². The lowest BCUT2D eigenvalue weighted by atomic mass is 9.86. The highest BCUT2D eigenvalue weighted by atomic mass is 16.5. The minimum Gasteiger partial charge on any atom is -0.489 e. The Hall–Kier alpha value is -1.58. The first-order chi connectivity index (χ1) is 8.41. The molecule has 0 radical (unpaired) electrons. The lowest BCUT2D eigenvalue weighted by Gasteiger charge is -2.23. The van der Waals surface area contributed by atoms with Crippen molar-refractivity contribution < 1.29 is 9.53 Å². The van der Waals surface area contributed by atoms with Crippen molar-refractivity contribution >= 4 is 5.91 Å². The zero-order valence-corrected chi connectivity index (χ0v) is 11.4. The molecule has 0 saturated heterocycles. The maximum Gasteiger partial charge on any atom is 0.269 e. The minimum absolute atomic E-state index is 0.0735. The highest BCUT2D eigenvalue weighted by molar-refractivity contribution is 5.92. The van der Waals surface area contributed by atoms with Crippen LogP contribution in [0.2, 0.25) is 0 Å². The van der Waals surface area contributed by atoms with Gasteiger partial charge in [-0.1, -0.05) is 20.8 Å². The molecular weight excluding hydrogens is 228 g/mol. The summed E-state index contributed by atoms with van der Waals surface area (Å²) in [7, 11) is 1.61. The van der Waals surface area contributed by atoms with Crippen molar-refractivity contribution in [3.63, 3.8) is 0 Å². The summed E-state index contributed by atoms with van der Waals surface area (Å²) in [5, 5.41) is 2.59. The van der Waals surface area contributed by atoms with Gasteiger partial charge in [-0.25, -0.2) is 4.98 Å². The maximum atomic E-state index is 11.6. The summed E-state index contributed by atoms with van der Waals surface area (Å²) >= 11 is 0. The normalized spacial score (nSPS) is 15.3. The fraction of sp³-hybridized carbons (Fsp3) is 0.571. The molecule has 1 amide bonds. The summed E-state index contributed by atoms with van der Waals surface area (Å²) in [5.41, 5.74) is 1.39. The molecule has 0 aromatic carbocycles. The third-order valence-electron chi connectivity index (χ3n) is 2.95. The number of carbonyl (C=O) groups is 1. The van der Waals surface area contributed by atoms with Gasteiger partial charge in [0.05, 0.1) is 12.3 Å². The van der Waals surface area contributed by atoms with Gasteiger partial charge >= 0.3 is 0 Å². The van der Waals surface area contributed by atoms with Crippen molar-refractivity contribution in [1.82, 2.24) is 10.3 Å². The van der Waals surface area contributed by atoms with E-state index in [1.807, 2.05) is 6.07 Å². The SMILES string of the molecule is CNC(=O)c1cc(C(C)(C)C)c(OC2CC2)cn1. The molecule has 1 N–H and O–H groups in total. The summed E-state index contributed by atoms with van der Waals surface area (Å²) in [6.45, 7) is 6.32. The van der Waals surface area contributed by atoms with Gasteiger partial charge in [0.25, 0.3) is 5.91 Å². The van der Waals surface area contributed by atoms with Gasteiger partial charge in [-0.2, -0.15) is 0 Å². The molecule has 98 valence electrons. The molecule has 0 spiro atoms. The number of aromatic nitrogens is 1. The summed E-state index contributed by atoms with van der Waals surface area (Å²) in [5.74, 6) is 0.635. The molecule has 1 heterocycles. The quantitative estimate of drug-likeness (QED) is 0.892. The Morgan fingerprint density at radius 2 is 2.11 bits per heavy atom. The minimum atomic E-state index is -0.168. The van der Waals surface area contributed by atoms with Crippen LogP contribution in [0.15, 0.2) is 12.3 Å². The molecule has 4 nitrogen and oxygen atoms in total. The number of pyridine rings is 1. The molecule has 18 heavy (non-hydrogen) atoms. The van der Waals surface area contributed by atoms with Crippen molar-refractivity contribution in [1.29, 1.82) is 0 Å². The fourth-order valence-corrected chi connectivity index (χ4v) is 1.74. The van der Waals surface area contributed by atoms with Crippen molar-refractivity contribution in [3.05, 3.63) is 23.5 Å². The van der Waals surface area contributed by atoms with Gasteiger partial charge in [-0.15, -0.1) is 0 Å². The van der Waals surface area contributed by atoms with Crippen LogP contribution >= 0.6 is 0 Å². The standard InChI is InChI=1S/C14H20N2O2/c1-14(2,3)10-7-11(13(17)15-4)16-8-12(10)18-9-5-6-9/h7-9H,5-6H2,1-4H3,(H,15,17). The van der Waals surface area contributed by atoms with E-state index in [9.17, 15) is 4.79 Å². The highest BCUT2D eigenvalue weighted by Gasteiger charge is 2.28. The monoisotopic (exact) mass is 248 g/mol. The van der Waals surface area contributed by atoms with Crippen molar-refractivity contribution in [2.24, 2.45) is 0 Å². The van der Waals surface area contributed by atoms with Crippen LogP contribution in [0.3, 0.4) is 0 Å². The highest BCUT2D eigenvalue weighted by Crippen LogP contribution is 2.35. The zero-order chi connectivity index (χ0) is 13.3. The first-order valence-electron chi connectivity index (χ1n) is 6.31. The van der Waals surface area contributed by atoms with Gasteiger partial charge in [0, 0.05) is 12.6 Å². The third-order valence-corrected chi connectivity index (χ3v) is 2.95. The number of ether oxygens (including phenoxy) is 1. The number of rotatable bonds is 3. The van der Waals surface area contributed by atoms with Gasteiger partial charge in [-0.05, 0) is 24.3 Å². The van der Waals surface area contributed by atoms with E-state index in [0.29, 0.717) is 11.8 Å². The van der Waals surface area contributed by atoms with Crippen LogP contribution in [-0.2, 0) is 5.41 Å². The van der Waals surface area contributed by atoms with E-state index in [1.165, 1.54) is 0 Å². The number of amides is 1. The number of nitrogens with one attached hydrogen (secondary N) is 1. The molecule has 0 unspecified atom stereocenters. The average Bonchev–Trinajstić information content (AvgIpc) is 3.11. The Kier molecular flexibility index (Phi) is 3.28. The molecule has 1 aliphatic carbocycles. The molecule has 2 rings (SSSR count).